The Morgan fingerprint density at radius 1 is 1.00 bits per heavy atom. The minimum atomic E-state index is -0.794. The van der Waals surface area contributed by atoms with Crippen molar-refractivity contribution in [3.63, 3.8) is 0 Å². The quantitative estimate of drug-likeness (QED) is 0.446. The van der Waals surface area contributed by atoms with Gasteiger partial charge in [0, 0.05) is 12.1 Å². The van der Waals surface area contributed by atoms with Crippen molar-refractivity contribution < 1.29 is 24.2 Å². The molecule has 6 heteroatoms. The molecule has 1 aliphatic rings. The van der Waals surface area contributed by atoms with Crippen molar-refractivity contribution in [3.05, 3.63) is 101 Å². The van der Waals surface area contributed by atoms with E-state index in [1.54, 1.807) is 31.4 Å². The predicted octanol–water partition coefficient (Wildman–Crippen LogP) is 5.50. The number of amides is 1. The molecule has 3 aromatic rings. The molecule has 1 heterocycles. The number of nitrogens with zero attached hydrogens (tertiary/aromatic N) is 1. The second-order valence-electron chi connectivity index (χ2n) is 8.43. The number of methoxy groups -OCH3 is 1. The predicted molar refractivity (Wildman–Crippen MR) is 135 cm³/mol. The molecule has 1 aliphatic heterocycles. The molecule has 1 amide bonds. The van der Waals surface area contributed by atoms with E-state index in [1.165, 1.54) is 4.90 Å². The SMILES string of the molecule is CCOc1cc(C2C(C(=O)CCc3ccccc3)=C(O)C(=O)N2c2cccc(C)c2)ccc1OC. The highest BCUT2D eigenvalue weighted by Gasteiger charge is 2.44. The number of ether oxygens (including phenoxy) is 2. The van der Waals surface area contributed by atoms with Gasteiger partial charge in [0.15, 0.2) is 23.0 Å². The third-order valence-electron chi connectivity index (χ3n) is 6.08. The Hall–Kier alpha value is -4.06. The topological polar surface area (TPSA) is 76.1 Å². The Labute approximate surface area is 205 Å². The summed E-state index contributed by atoms with van der Waals surface area (Å²) in [5, 5.41) is 10.9. The molecule has 0 saturated carbocycles. The molecule has 3 aromatic carbocycles. The molecule has 0 radical (unpaired) electrons. The van der Waals surface area contributed by atoms with Crippen molar-refractivity contribution in [1.29, 1.82) is 0 Å². The summed E-state index contributed by atoms with van der Waals surface area (Å²) in [6, 6.07) is 21.6. The third kappa shape index (κ3) is 4.92. The Morgan fingerprint density at radius 3 is 2.46 bits per heavy atom. The van der Waals surface area contributed by atoms with E-state index in [1.807, 2.05) is 62.4 Å². The van der Waals surface area contributed by atoms with Crippen LogP contribution in [0.15, 0.2) is 84.1 Å². The largest absolute Gasteiger partial charge is 0.503 e. The fraction of sp³-hybridized carbons (Fsp3) is 0.241. The lowest BCUT2D eigenvalue weighted by Crippen LogP contribution is -2.31. The second-order valence-corrected chi connectivity index (χ2v) is 8.43. The number of rotatable bonds is 9. The Morgan fingerprint density at radius 2 is 1.77 bits per heavy atom. The Balaban J connectivity index is 1.78. The average molecular weight is 472 g/mol. The van der Waals surface area contributed by atoms with E-state index in [0.29, 0.717) is 35.8 Å². The van der Waals surface area contributed by atoms with Crippen LogP contribution < -0.4 is 14.4 Å². The van der Waals surface area contributed by atoms with Gasteiger partial charge in [-0.05, 0) is 61.2 Å². The number of hydrogen-bond acceptors (Lipinski definition) is 5. The highest BCUT2D eigenvalue weighted by molar-refractivity contribution is 6.16. The summed E-state index contributed by atoms with van der Waals surface area (Å²) in [6.45, 7) is 4.22. The maximum absolute atomic E-state index is 13.5. The lowest BCUT2D eigenvalue weighted by molar-refractivity contribution is -0.118. The van der Waals surface area contributed by atoms with Crippen LogP contribution in [0.3, 0.4) is 0 Å². The molecule has 0 spiro atoms. The van der Waals surface area contributed by atoms with Crippen molar-refractivity contribution in [3.8, 4) is 11.5 Å². The smallest absolute Gasteiger partial charge is 0.294 e. The van der Waals surface area contributed by atoms with Crippen molar-refractivity contribution in [2.45, 2.75) is 32.7 Å². The van der Waals surface area contributed by atoms with E-state index in [4.69, 9.17) is 9.47 Å². The number of ketones is 1. The van der Waals surface area contributed by atoms with Crippen LogP contribution >= 0.6 is 0 Å². The van der Waals surface area contributed by atoms with Crippen LogP contribution in [0.1, 0.15) is 36.1 Å². The number of aliphatic hydroxyl groups excluding tert-OH is 1. The standard InChI is InChI=1S/C29H29NO5/c1-4-35-25-18-21(14-16-24(25)34-3)27-26(23(31)15-13-20-10-6-5-7-11-20)28(32)29(33)30(27)22-12-8-9-19(2)17-22/h5-12,14,16-18,27,32H,4,13,15H2,1-3H3. The van der Waals surface area contributed by atoms with Gasteiger partial charge in [-0.3, -0.25) is 14.5 Å². The van der Waals surface area contributed by atoms with Crippen molar-refractivity contribution in [1.82, 2.24) is 0 Å². The summed E-state index contributed by atoms with van der Waals surface area (Å²) in [5.41, 5.74) is 3.32. The Kier molecular flexibility index (Phi) is 7.20. The molecule has 0 aromatic heterocycles. The summed E-state index contributed by atoms with van der Waals surface area (Å²) in [7, 11) is 1.56. The molecule has 6 nitrogen and oxygen atoms in total. The molecule has 0 aliphatic carbocycles. The number of carbonyl (C=O) groups is 2. The first-order valence-corrected chi connectivity index (χ1v) is 11.7. The zero-order valence-electron chi connectivity index (χ0n) is 20.2. The summed E-state index contributed by atoms with van der Waals surface area (Å²) >= 11 is 0. The van der Waals surface area contributed by atoms with Gasteiger partial charge in [0.25, 0.3) is 5.91 Å². The zero-order chi connectivity index (χ0) is 24.9. The van der Waals surface area contributed by atoms with E-state index in [-0.39, 0.29) is 17.8 Å². The normalized spacial score (nSPS) is 15.5. The van der Waals surface area contributed by atoms with Crippen LogP contribution in [0.25, 0.3) is 0 Å². The van der Waals surface area contributed by atoms with Gasteiger partial charge in [-0.15, -0.1) is 0 Å². The minimum absolute atomic E-state index is 0.0973. The van der Waals surface area contributed by atoms with E-state index >= 15 is 0 Å². The molecule has 4 rings (SSSR count). The minimum Gasteiger partial charge on any atom is -0.503 e. The highest BCUT2D eigenvalue weighted by Crippen LogP contribution is 2.43. The van der Waals surface area contributed by atoms with Crippen LogP contribution in [-0.2, 0) is 16.0 Å². The number of anilines is 1. The zero-order valence-corrected chi connectivity index (χ0v) is 20.2. The van der Waals surface area contributed by atoms with Gasteiger partial charge in [0.05, 0.1) is 25.3 Å². The molecule has 0 bridgehead atoms. The molecule has 1 unspecified atom stereocenters. The average Bonchev–Trinajstić information content (AvgIpc) is 3.13. The van der Waals surface area contributed by atoms with Crippen LogP contribution in [0.4, 0.5) is 5.69 Å². The molecular formula is C29H29NO5. The summed E-state index contributed by atoms with van der Waals surface area (Å²) in [6.07, 6.45) is 0.679. The molecule has 180 valence electrons. The van der Waals surface area contributed by atoms with Gasteiger partial charge in [-0.25, -0.2) is 0 Å². The van der Waals surface area contributed by atoms with Crippen LogP contribution in [-0.4, -0.2) is 30.5 Å². The molecule has 35 heavy (non-hydrogen) atoms. The number of Topliss-reactive ketones (excluding diaryl/α,β-unsaturated/α-hetero) is 1. The Bertz CT molecular complexity index is 1270. The highest BCUT2D eigenvalue weighted by atomic mass is 16.5. The van der Waals surface area contributed by atoms with Crippen LogP contribution in [0.5, 0.6) is 11.5 Å². The third-order valence-corrected chi connectivity index (χ3v) is 6.08. The lowest BCUT2D eigenvalue weighted by Gasteiger charge is -2.28. The number of benzene rings is 3. The van der Waals surface area contributed by atoms with Crippen molar-refractivity contribution >= 4 is 17.4 Å². The second kappa shape index (κ2) is 10.5. The fourth-order valence-corrected chi connectivity index (χ4v) is 4.42. The van der Waals surface area contributed by atoms with Gasteiger partial charge in [-0.1, -0.05) is 48.5 Å². The first kappa shape index (κ1) is 24.1. The molecule has 0 saturated heterocycles. The van der Waals surface area contributed by atoms with Crippen molar-refractivity contribution in [2.75, 3.05) is 18.6 Å². The van der Waals surface area contributed by atoms with Crippen molar-refractivity contribution in [2.24, 2.45) is 0 Å². The van der Waals surface area contributed by atoms with Crippen LogP contribution in [0, 0.1) is 6.92 Å². The molecular weight excluding hydrogens is 442 g/mol. The summed E-state index contributed by atoms with van der Waals surface area (Å²) in [4.78, 5) is 28.3. The molecule has 1 atom stereocenters. The maximum atomic E-state index is 13.5. The monoisotopic (exact) mass is 471 g/mol. The first-order valence-electron chi connectivity index (χ1n) is 11.7. The van der Waals surface area contributed by atoms with Gasteiger partial charge in [-0.2, -0.15) is 0 Å². The number of carbonyl (C=O) groups excluding carboxylic acids is 2. The first-order chi connectivity index (χ1) is 16.9. The number of hydrogen-bond donors (Lipinski definition) is 1. The van der Waals surface area contributed by atoms with E-state index < -0.39 is 17.7 Å². The summed E-state index contributed by atoms with van der Waals surface area (Å²) < 4.78 is 11.2. The maximum Gasteiger partial charge on any atom is 0.294 e. The van der Waals surface area contributed by atoms with Gasteiger partial charge >= 0.3 is 0 Å². The van der Waals surface area contributed by atoms with Gasteiger partial charge in [0.1, 0.15) is 0 Å². The van der Waals surface area contributed by atoms with E-state index in [9.17, 15) is 14.7 Å². The molecule has 0 fully saturated rings. The van der Waals surface area contributed by atoms with Gasteiger partial charge in [0.2, 0.25) is 0 Å². The molecule has 1 N–H and O–H groups in total. The fourth-order valence-electron chi connectivity index (χ4n) is 4.42. The van der Waals surface area contributed by atoms with E-state index in [2.05, 4.69) is 0 Å². The van der Waals surface area contributed by atoms with Crippen LogP contribution in [0.2, 0.25) is 0 Å². The number of aryl methyl sites for hydroxylation is 2. The van der Waals surface area contributed by atoms with E-state index in [0.717, 1.165) is 11.1 Å². The van der Waals surface area contributed by atoms with Gasteiger partial charge < -0.3 is 14.6 Å². The summed E-state index contributed by atoms with van der Waals surface area (Å²) in [5.74, 6) is -0.326. The number of aliphatic hydroxyl groups is 1. The lowest BCUT2D eigenvalue weighted by atomic mass is 9.92.